The van der Waals surface area contributed by atoms with Crippen LogP contribution in [-0.4, -0.2) is 30.8 Å². The van der Waals surface area contributed by atoms with Crippen LogP contribution in [-0.2, 0) is 11.2 Å². The van der Waals surface area contributed by atoms with Crippen molar-refractivity contribution in [2.45, 2.75) is 39.2 Å². The normalized spacial score (nSPS) is 15.9. The summed E-state index contributed by atoms with van der Waals surface area (Å²) in [5.74, 6) is 0. The molecule has 0 saturated heterocycles. The maximum Gasteiger partial charge on any atom is 0.0529 e. The largest absolute Gasteiger partial charge is 0.380 e. The van der Waals surface area contributed by atoms with Gasteiger partial charge in [-0.3, -0.25) is 4.98 Å². The molecule has 1 aromatic heterocycles. The Kier molecular flexibility index (Phi) is 4.72. The minimum absolute atomic E-state index is 0.215. The van der Waals surface area contributed by atoms with Gasteiger partial charge >= 0.3 is 0 Å². The van der Waals surface area contributed by atoms with Gasteiger partial charge in [0.2, 0.25) is 0 Å². The standard InChI is InChI=1S/C15H24N2O/c1-15(2,11-17-14-6-7-14)12-18-10-8-13-5-3-4-9-16-13/h3-5,9,14,17H,6-8,10-12H2,1-2H3. The Morgan fingerprint density at radius 3 is 2.89 bits per heavy atom. The average Bonchev–Trinajstić information content (AvgIpc) is 3.18. The Labute approximate surface area is 110 Å². The first-order chi connectivity index (χ1) is 8.66. The molecule has 1 aromatic rings. The number of hydrogen-bond donors (Lipinski definition) is 1. The van der Waals surface area contributed by atoms with Crippen molar-refractivity contribution < 1.29 is 4.74 Å². The fraction of sp³-hybridized carbons (Fsp3) is 0.667. The van der Waals surface area contributed by atoms with Crippen molar-refractivity contribution in [1.82, 2.24) is 10.3 Å². The van der Waals surface area contributed by atoms with E-state index < -0.39 is 0 Å². The van der Waals surface area contributed by atoms with E-state index in [0.717, 1.165) is 37.9 Å². The highest BCUT2D eigenvalue weighted by Gasteiger charge is 2.25. The number of nitrogens with one attached hydrogen (secondary N) is 1. The average molecular weight is 248 g/mol. The summed E-state index contributed by atoms with van der Waals surface area (Å²) in [6.07, 6.45) is 5.42. The minimum Gasteiger partial charge on any atom is -0.380 e. The summed E-state index contributed by atoms with van der Waals surface area (Å²) in [4.78, 5) is 4.29. The van der Waals surface area contributed by atoms with E-state index in [1.807, 2.05) is 24.4 Å². The van der Waals surface area contributed by atoms with Gasteiger partial charge in [-0.1, -0.05) is 19.9 Å². The van der Waals surface area contributed by atoms with Crippen molar-refractivity contribution in [1.29, 1.82) is 0 Å². The fourth-order valence-corrected chi connectivity index (χ4v) is 1.83. The Hall–Kier alpha value is -0.930. The fourth-order valence-electron chi connectivity index (χ4n) is 1.83. The van der Waals surface area contributed by atoms with Crippen LogP contribution in [0.1, 0.15) is 32.4 Å². The van der Waals surface area contributed by atoms with Crippen LogP contribution in [0, 0.1) is 5.41 Å². The maximum atomic E-state index is 5.78. The van der Waals surface area contributed by atoms with Crippen LogP contribution < -0.4 is 5.32 Å². The number of nitrogens with zero attached hydrogens (tertiary/aromatic N) is 1. The van der Waals surface area contributed by atoms with E-state index in [4.69, 9.17) is 4.74 Å². The molecule has 2 rings (SSSR count). The maximum absolute atomic E-state index is 5.78. The Balaban J connectivity index is 1.58. The molecule has 0 spiro atoms. The number of rotatable bonds is 8. The van der Waals surface area contributed by atoms with Crippen molar-refractivity contribution in [3.63, 3.8) is 0 Å². The van der Waals surface area contributed by atoms with Crippen LogP contribution in [0.2, 0.25) is 0 Å². The van der Waals surface area contributed by atoms with Gasteiger partial charge < -0.3 is 10.1 Å². The summed E-state index contributed by atoms with van der Waals surface area (Å²) < 4.78 is 5.78. The lowest BCUT2D eigenvalue weighted by Gasteiger charge is -2.24. The molecule has 1 N–H and O–H groups in total. The van der Waals surface area contributed by atoms with Crippen molar-refractivity contribution in [2.24, 2.45) is 5.41 Å². The number of aromatic nitrogens is 1. The zero-order valence-corrected chi connectivity index (χ0v) is 11.5. The predicted octanol–water partition coefficient (Wildman–Crippen LogP) is 2.42. The van der Waals surface area contributed by atoms with Gasteiger partial charge in [0, 0.05) is 36.3 Å². The molecule has 18 heavy (non-hydrogen) atoms. The molecule has 0 amide bonds. The highest BCUT2D eigenvalue weighted by molar-refractivity contribution is 5.03. The van der Waals surface area contributed by atoms with Gasteiger partial charge in [0.1, 0.15) is 0 Å². The van der Waals surface area contributed by atoms with E-state index in [9.17, 15) is 0 Å². The summed E-state index contributed by atoms with van der Waals surface area (Å²) in [6.45, 7) is 7.11. The molecule has 1 fully saturated rings. The molecule has 1 saturated carbocycles. The van der Waals surface area contributed by atoms with Crippen LogP contribution in [0.4, 0.5) is 0 Å². The SMILES string of the molecule is CC(C)(CNC1CC1)COCCc1ccccn1. The van der Waals surface area contributed by atoms with Gasteiger partial charge in [0.15, 0.2) is 0 Å². The molecule has 0 aliphatic heterocycles. The highest BCUT2D eigenvalue weighted by atomic mass is 16.5. The van der Waals surface area contributed by atoms with Gasteiger partial charge in [0.05, 0.1) is 13.2 Å². The summed E-state index contributed by atoms with van der Waals surface area (Å²) in [5.41, 5.74) is 1.32. The lowest BCUT2D eigenvalue weighted by Crippen LogP contribution is -2.34. The monoisotopic (exact) mass is 248 g/mol. The summed E-state index contributed by atoms with van der Waals surface area (Å²) in [6, 6.07) is 6.78. The van der Waals surface area contributed by atoms with E-state index in [1.165, 1.54) is 12.8 Å². The van der Waals surface area contributed by atoms with E-state index >= 15 is 0 Å². The molecule has 1 aliphatic rings. The van der Waals surface area contributed by atoms with E-state index in [0.29, 0.717) is 0 Å². The zero-order valence-electron chi connectivity index (χ0n) is 11.5. The molecule has 0 atom stereocenters. The predicted molar refractivity (Wildman–Crippen MR) is 73.6 cm³/mol. The summed E-state index contributed by atoms with van der Waals surface area (Å²) >= 11 is 0. The van der Waals surface area contributed by atoms with Gasteiger partial charge in [-0.05, 0) is 25.0 Å². The number of pyridine rings is 1. The summed E-state index contributed by atoms with van der Waals surface area (Å²) in [5, 5.41) is 3.56. The zero-order chi connectivity index (χ0) is 12.8. The second-order valence-electron chi connectivity index (χ2n) is 5.94. The third-order valence-corrected chi connectivity index (χ3v) is 3.17. The first-order valence-corrected chi connectivity index (χ1v) is 6.87. The number of hydrogen-bond acceptors (Lipinski definition) is 3. The van der Waals surface area contributed by atoms with E-state index in [2.05, 4.69) is 24.1 Å². The van der Waals surface area contributed by atoms with Crippen molar-refractivity contribution in [2.75, 3.05) is 19.8 Å². The first kappa shape index (κ1) is 13.5. The second-order valence-corrected chi connectivity index (χ2v) is 5.94. The van der Waals surface area contributed by atoms with Crippen molar-refractivity contribution >= 4 is 0 Å². The third-order valence-electron chi connectivity index (χ3n) is 3.17. The van der Waals surface area contributed by atoms with Gasteiger partial charge in [-0.15, -0.1) is 0 Å². The molecule has 0 bridgehead atoms. The molecule has 3 heteroatoms. The van der Waals surface area contributed by atoms with Gasteiger partial charge in [-0.2, -0.15) is 0 Å². The second kappa shape index (κ2) is 6.30. The van der Waals surface area contributed by atoms with Crippen molar-refractivity contribution in [3.8, 4) is 0 Å². The Morgan fingerprint density at radius 2 is 2.22 bits per heavy atom. The van der Waals surface area contributed by atoms with E-state index in [-0.39, 0.29) is 5.41 Å². The van der Waals surface area contributed by atoms with Gasteiger partial charge in [0.25, 0.3) is 0 Å². The smallest absolute Gasteiger partial charge is 0.0529 e. The molecule has 0 aromatic carbocycles. The Bertz CT molecular complexity index is 347. The van der Waals surface area contributed by atoms with Crippen LogP contribution in [0.3, 0.4) is 0 Å². The van der Waals surface area contributed by atoms with Crippen LogP contribution >= 0.6 is 0 Å². The first-order valence-electron chi connectivity index (χ1n) is 6.87. The van der Waals surface area contributed by atoms with Crippen LogP contribution in [0.5, 0.6) is 0 Å². The third kappa shape index (κ3) is 5.15. The molecule has 0 radical (unpaired) electrons. The molecular formula is C15H24N2O. The molecule has 1 heterocycles. The topological polar surface area (TPSA) is 34.1 Å². The molecule has 0 unspecified atom stereocenters. The van der Waals surface area contributed by atoms with Crippen molar-refractivity contribution in [3.05, 3.63) is 30.1 Å². The van der Waals surface area contributed by atoms with Crippen LogP contribution in [0.15, 0.2) is 24.4 Å². The van der Waals surface area contributed by atoms with E-state index in [1.54, 1.807) is 0 Å². The highest BCUT2D eigenvalue weighted by Crippen LogP contribution is 2.21. The lowest BCUT2D eigenvalue weighted by molar-refractivity contribution is 0.0635. The molecule has 3 nitrogen and oxygen atoms in total. The molecular weight excluding hydrogens is 224 g/mol. The van der Waals surface area contributed by atoms with Crippen LogP contribution in [0.25, 0.3) is 0 Å². The number of ether oxygens (including phenoxy) is 1. The van der Waals surface area contributed by atoms with Gasteiger partial charge in [-0.25, -0.2) is 0 Å². The molecule has 1 aliphatic carbocycles. The molecule has 100 valence electrons. The lowest BCUT2D eigenvalue weighted by atomic mass is 9.95. The minimum atomic E-state index is 0.215. The quantitative estimate of drug-likeness (QED) is 0.717. The Morgan fingerprint density at radius 1 is 1.39 bits per heavy atom. The summed E-state index contributed by atoms with van der Waals surface area (Å²) in [7, 11) is 0.